The van der Waals surface area contributed by atoms with Gasteiger partial charge in [0, 0.05) is 5.46 Å². The fraction of sp³-hybridized carbons (Fsp3) is 0.579. The molecule has 6 nitrogen and oxygen atoms in total. The third kappa shape index (κ3) is 4.85. The lowest BCUT2D eigenvalue weighted by molar-refractivity contribution is -0.145. The van der Waals surface area contributed by atoms with Crippen molar-refractivity contribution in [1.29, 1.82) is 0 Å². The van der Waals surface area contributed by atoms with Gasteiger partial charge in [0.25, 0.3) is 0 Å². The van der Waals surface area contributed by atoms with Gasteiger partial charge in [0.15, 0.2) is 0 Å². The smallest absolute Gasteiger partial charge is 0.466 e. The maximum Gasteiger partial charge on any atom is 0.497 e. The van der Waals surface area contributed by atoms with Crippen LogP contribution in [0.3, 0.4) is 0 Å². The van der Waals surface area contributed by atoms with Crippen molar-refractivity contribution in [3.8, 4) is 0 Å². The first-order valence-electron chi connectivity index (χ1n) is 9.09. The van der Waals surface area contributed by atoms with E-state index in [1.165, 1.54) is 6.07 Å². The Bertz CT molecular complexity index is 751. The van der Waals surface area contributed by atoms with Gasteiger partial charge >= 0.3 is 19.1 Å². The fourth-order valence-electron chi connectivity index (χ4n) is 2.62. The van der Waals surface area contributed by atoms with Crippen LogP contribution in [0.25, 0.3) is 0 Å². The van der Waals surface area contributed by atoms with Crippen LogP contribution in [0.5, 0.6) is 0 Å². The quantitative estimate of drug-likeness (QED) is 0.525. The van der Waals surface area contributed by atoms with E-state index >= 15 is 0 Å². The van der Waals surface area contributed by atoms with Gasteiger partial charge in [0.1, 0.15) is 11.9 Å². The number of carbonyl (C=O) groups is 2. The van der Waals surface area contributed by atoms with E-state index in [1.807, 2.05) is 27.7 Å². The van der Waals surface area contributed by atoms with E-state index < -0.39 is 42.2 Å². The SMILES string of the molecule is CCOC(=O)CC(C)OC(=O)c1cc(B2OC(C)(C)C(C)(C)O2)c(F)cc1Cl. The highest BCUT2D eigenvalue weighted by Gasteiger charge is 2.52. The summed E-state index contributed by atoms with van der Waals surface area (Å²) in [5.74, 6) is -1.91. The van der Waals surface area contributed by atoms with Gasteiger partial charge in [0.2, 0.25) is 0 Å². The average Bonchev–Trinajstić information content (AvgIpc) is 2.74. The summed E-state index contributed by atoms with van der Waals surface area (Å²) in [5, 5.41) is -0.105. The zero-order valence-electron chi connectivity index (χ0n) is 16.9. The van der Waals surface area contributed by atoms with Crippen LogP contribution >= 0.6 is 11.6 Å². The molecule has 1 heterocycles. The van der Waals surface area contributed by atoms with Crippen LogP contribution in [0.15, 0.2) is 12.1 Å². The highest BCUT2D eigenvalue weighted by molar-refractivity contribution is 6.62. The molecule has 1 aliphatic heterocycles. The van der Waals surface area contributed by atoms with Crippen LogP contribution in [-0.4, -0.2) is 43.0 Å². The molecule has 0 saturated carbocycles. The number of hydrogen-bond acceptors (Lipinski definition) is 6. The standard InChI is InChI=1S/C19H25BClFO6/c1-7-25-16(23)8-11(2)26-17(24)12-9-13(15(22)10-14(12)21)20-27-18(3,4)19(5,6)28-20/h9-11H,7-8H2,1-6H3. The van der Waals surface area contributed by atoms with Gasteiger partial charge in [0.05, 0.1) is 34.8 Å². The molecule has 0 aromatic heterocycles. The molecular weight excluding hydrogens is 389 g/mol. The summed E-state index contributed by atoms with van der Waals surface area (Å²) >= 11 is 6.04. The average molecular weight is 415 g/mol. The number of benzene rings is 1. The topological polar surface area (TPSA) is 71.1 Å². The van der Waals surface area contributed by atoms with Crippen LogP contribution in [0.2, 0.25) is 5.02 Å². The maximum absolute atomic E-state index is 14.5. The number of carbonyl (C=O) groups excluding carboxylic acids is 2. The van der Waals surface area contributed by atoms with Gasteiger partial charge in [-0.15, -0.1) is 0 Å². The molecule has 0 amide bonds. The van der Waals surface area contributed by atoms with E-state index in [4.69, 9.17) is 30.4 Å². The normalized spacial score (nSPS) is 18.6. The Labute approximate surface area is 169 Å². The fourth-order valence-corrected chi connectivity index (χ4v) is 2.84. The van der Waals surface area contributed by atoms with Crippen molar-refractivity contribution in [3.63, 3.8) is 0 Å². The summed E-state index contributed by atoms with van der Waals surface area (Å²) in [6, 6.07) is 2.29. The minimum absolute atomic E-state index is 0.0384. The highest BCUT2D eigenvalue weighted by atomic mass is 35.5. The zero-order chi connectivity index (χ0) is 21.3. The minimum atomic E-state index is -0.995. The summed E-state index contributed by atoms with van der Waals surface area (Å²) in [7, 11) is -0.995. The van der Waals surface area contributed by atoms with E-state index in [1.54, 1.807) is 13.8 Å². The lowest BCUT2D eigenvalue weighted by Crippen LogP contribution is -2.41. The van der Waals surface area contributed by atoms with Crippen molar-refractivity contribution in [2.24, 2.45) is 0 Å². The number of ether oxygens (including phenoxy) is 2. The maximum atomic E-state index is 14.5. The van der Waals surface area contributed by atoms with E-state index in [-0.39, 0.29) is 29.1 Å². The lowest BCUT2D eigenvalue weighted by Gasteiger charge is -2.32. The molecule has 0 bridgehead atoms. The molecule has 1 aliphatic rings. The Balaban J connectivity index is 2.22. The van der Waals surface area contributed by atoms with Crippen molar-refractivity contribution >= 4 is 36.1 Å². The second kappa shape index (κ2) is 8.39. The molecule has 1 aromatic carbocycles. The number of rotatable bonds is 6. The van der Waals surface area contributed by atoms with Gasteiger partial charge in [-0.1, -0.05) is 11.6 Å². The summed E-state index contributed by atoms with van der Waals surface area (Å²) in [5.41, 5.74) is -1.33. The zero-order valence-corrected chi connectivity index (χ0v) is 17.7. The van der Waals surface area contributed by atoms with Crippen molar-refractivity contribution in [3.05, 3.63) is 28.5 Å². The van der Waals surface area contributed by atoms with Crippen molar-refractivity contribution < 1.29 is 32.8 Å². The van der Waals surface area contributed by atoms with E-state index in [2.05, 4.69) is 0 Å². The molecule has 2 rings (SSSR count). The van der Waals surface area contributed by atoms with Crippen LogP contribution in [0.4, 0.5) is 4.39 Å². The van der Waals surface area contributed by atoms with E-state index in [0.29, 0.717) is 0 Å². The molecule has 1 fully saturated rings. The van der Waals surface area contributed by atoms with Crippen LogP contribution in [0.1, 0.15) is 58.3 Å². The number of halogens is 2. The van der Waals surface area contributed by atoms with Crippen LogP contribution in [0, 0.1) is 5.82 Å². The summed E-state index contributed by atoms with van der Waals surface area (Å²) in [4.78, 5) is 24.0. The molecule has 0 aliphatic carbocycles. The van der Waals surface area contributed by atoms with E-state index in [9.17, 15) is 14.0 Å². The predicted molar refractivity (Wildman–Crippen MR) is 103 cm³/mol. The summed E-state index contributed by atoms with van der Waals surface area (Å²) in [6.45, 7) is 10.8. The second-order valence-corrected chi connectivity index (χ2v) is 8.07. The Morgan fingerprint density at radius 3 is 2.32 bits per heavy atom. The predicted octanol–water partition coefficient (Wildman–Crippen LogP) is 3.28. The van der Waals surface area contributed by atoms with Crippen molar-refractivity contribution in [1.82, 2.24) is 0 Å². The third-order valence-corrected chi connectivity index (χ3v) is 5.19. The lowest BCUT2D eigenvalue weighted by atomic mass is 9.78. The second-order valence-electron chi connectivity index (χ2n) is 7.67. The monoisotopic (exact) mass is 414 g/mol. The first-order chi connectivity index (χ1) is 12.9. The molecule has 28 heavy (non-hydrogen) atoms. The van der Waals surface area contributed by atoms with Gasteiger partial charge in [-0.2, -0.15) is 0 Å². The van der Waals surface area contributed by atoms with Crippen LogP contribution in [-0.2, 0) is 23.6 Å². The van der Waals surface area contributed by atoms with Crippen molar-refractivity contribution in [2.45, 2.75) is 65.3 Å². The van der Waals surface area contributed by atoms with Gasteiger partial charge in [-0.25, -0.2) is 9.18 Å². The minimum Gasteiger partial charge on any atom is -0.466 e. The molecule has 9 heteroatoms. The summed E-state index contributed by atoms with van der Waals surface area (Å²) in [6.07, 6.45) is -0.823. The Hall–Kier alpha value is -1.64. The van der Waals surface area contributed by atoms with Gasteiger partial charge in [-0.05, 0) is 53.7 Å². The molecule has 154 valence electrons. The van der Waals surface area contributed by atoms with Crippen molar-refractivity contribution in [2.75, 3.05) is 6.61 Å². The Morgan fingerprint density at radius 1 is 1.21 bits per heavy atom. The molecular formula is C19H25BClFO6. The highest BCUT2D eigenvalue weighted by Crippen LogP contribution is 2.37. The number of esters is 2. The first-order valence-corrected chi connectivity index (χ1v) is 9.47. The molecule has 0 spiro atoms. The molecule has 0 N–H and O–H groups in total. The van der Waals surface area contributed by atoms with E-state index in [0.717, 1.165) is 6.07 Å². The molecule has 1 atom stereocenters. The molecule has 1 aromatic rings. The molecule has 1 unspecified atom stereocenters. The largest absolute Gasteiger partial charge is 0.497 e. The summed E-state index contributed by atoms with van der Waals surface area (Å²) < 4.78 is 36.3. The Morgan fingerprint density at radius 2 is 1.79 bits per heavy atom. The first kappa shape index (κ1) is 22.7. The molecule has 0 radical (unpaired) electrons. The number of hydrogen-bond donors (Lipinski definition) is 0. The van der Waals surface area contributed by atoms with Crippen LogP contribution < -0.4 is 5.46 Å². The Kier molecular flexibility index (Phi) is 6.79. The van der Waals surface area contributed by atoms with Gasteiger partial charge < -0.3 is 18.8 Å². The third-order valence-electron chi connectivity index (χ3n) is 4.88. The molecule has 1 saturated heterocycles. The van der Waals surface area contributed by atoms with Gasteiger partial charge in [-0.3, -0.25) is 4.79 Å².